The molecule has 7 nitrogen and oxygen atoms in total. The lowest BCUT2D eigenvalue weighted by molar-refractivity contribution is -0.384. The number of rotatable bonds is 4. The van der Waals surface area contributed by atoms with Crippen LogP contribution in [0.1, 0.15) is 49.9 Å². The van der Waals surface area contributed by atoms with E-state index in [9.17, 15) is 14.9 Å². The second-order valence-electron chi connectivity index (χ2n) is 6.26. The molecule has 0 spiro atoms. The Balaban J connectivity index is 2.23. The molecule has 7 heteroatoms. The smallest absolute Gasteiger partial charge is 0.337 e. The molecular weight excluding hydrogens is 274 g/mol. The van der Waals surface area contributed by atoms with E-state index >= 15 is 0 Å². The molecule has 0 saturated heterocycles. The molecular formula is C14H19N3O4. The van der Waals surface area contributed by atoms with Crippen molar-refractivity contribution in [3.8, 4) is 0 Å². The van der Waals surface area contributed by atoms with Gasteiger partial charge in [-0.3, -0.25) is 10.1 Å². The number of pyridine rings is 1. The van der Waals surface area contributed by atoms with Crippen molar-refractivity contribution in [2.24, 2.45) is 5.41 Å². The van der Waals surface area contributed by atoms with Crippen LogP contribution >= 0.6 is 0 Å². The van der Waals surface area contributed by atoms with Crippen molar-refractivity contribution in [2.75, 3.05) is 5.32 Å². The average Bonchev–Trinajstić information content (AvgIpc) is 2.37. The number of nitrogens with one attached hydrogen (secondary N) is 1. The topological polar surface area (TPSA) is 105 Å². The minimum absolute atomic E-state index is 0.121. The van der Waals surface area contributed by atoms with E-state index in [1.54, 1.807) is 0 Å². The number of nitrogens with zero attached hydrogens (tertiary/aromatic N) is 2. The zero-order valence-electron chi connectivity index (χ0n) is 12.1. The zero-order chi connectivity index (χ0) is 15.6. The first-order chi connectivity index (χ1) is 9.78. The summed E-state index contributed by atoms with van der Waals surface area (Å²) in [5.74, 6) is -1.08. The van der Waals surface area contributed by atoms with Crippen molar-refractivity contribution in [2.45, 2.75) is 45.6 Å². The minimum Gasteiger partial charge on any atom is -0.478 e. The summed E-state index contributed by atoms with van der Waals surface area (Å²) < 4.78 is 0. The molecule has 0 amide bonds. The van der Waals surface area contributed by atoms with Gasteiger partial charge >= 0.3 is 11.7 Å². The number of hydrogen-bond acceptors (Lipinski definition) is 5. The highest BCUT2D eigenvalue weighted by Gasteiger charge is 2.29. The molecule has 0 aromatic carbocycles. The van der Waals surface area contributed by atoms with Crippen LogP contribution in [0, 0.1) is 15.5 Å². The lowest BCUT2D eigenvalue weighted by Crippen LogP contribution is -2.32. The fourth-order valence-corrected chi connectivity index (χ4v) is 2.84. The Morgan fingerprint density at radius 2 is 2.29 bits per heavy atom. The van der Waals surface area contributed by atoms with Crippen LogP contribution in [0.25, 0.3) is 0 Å². The monoisotopic (exact) mass is 293 g/mol. The third kappa shape index (κ3) is 3.68. The van der Waals surface area contributed by atoms with Gasteiger partial charge in [-0.05, 0) is 24.7 Å². The zero-order valence-corrected chi connectivity index (χ0v) is 12.1. The van der Waals surface area contributed by atoms with E-state index in [1.807, 2.05) is 0 Å². The summed E-state index contributed by atoms with van der Waals surface area (Å²) in [5, 5.41) is 23.1. The largest absolute Gasteiger partial charge is 0.478 e. The van der Waals surface area contributed by atoms with Gasteiger partial charge in [0, 0.05) is 18.3 Å². The molecule has 1 fully saturated rings. The molecule has 1 saturated carbocycles. The molecule has 0 bridgehead atoms. The summed E-state index contributed by atoms with van der Waals surface area (Å²) in [6.45, 7) is 4.35. The first-order valence-electron chi connectivity index (χ1n) is 6.93. The van der Waals surface area contributed by atoms with Crippen molar-refractivity contribution < 1.29 is 14.8 Å². The molecule has 0 aliphatic heterocycles. The maximum absolute atomic E-state index is 11.1. The maximum atomic E-state index is 11.1. The van der Waals surface area contributed by atoms with Gasteiger partial charge in [0.1, 0.15) is 0 Å². The van der Waals surface area contributed by atoms with Crippen LogP contribution in [0.4, 0.5) is 11.5 Å². The van der Waals surface area contributed by atoms with Crippen molar-refractivity contribution in [1.29, 1.82) is 0 Å². The fraction of sp³-hybridized carbons (Fsp3) is 0.571. The van der Waals surface area contributed by atoms with E-state index in [0.717, 1.165) is 37.9 Å². The van der Waals surface area contributed by atoms with Crippen LogP contribution < -0.4 is 5.32 Å². The highest BCUT2D eigenvalue weighted by Crippen LogP contribution is 2.37. The number of aromatic carboxylic acids is 1. The molecule has 2 N–H and O–H groups in total. The molecule has 21 heavy (non-hydrogen) atoms. The quantitative estimate of drug-likeness (QED) is 0.652. The van der Waals surface area contributed by atoms with Gasteiger partial charge in [-0.25, -0.2) is 9.78 Å². The Morgan fingerprint density at radius 1 is 1.57 bits per heavy atom. The third-order valence-corrected chi connectivity index (χ3v) is 3.86. The lowest BCUT2D eigenvalue weighted by atomic mass is 9.75. The van der Waals surface area contributed by atoms with Gasteiger partial charge < -0.3 is 10.4 Å². The number of nitro groups is 1. The fourth-order valence-electron chi connectivity index (χ4n) is 2.84. The van der Waals surface area contributed by atoms with Crippen molar-refractivity contribution in [1.82, 2.24) is 4.98 Å². The first-order valence-corrected chi connectivity index (χ1v) is 6.93. The second kappa shape index (κ2) is 5.67. The van der Waals surface area contributed by atoms with Gasteiger partial charge in [0.05, 0.1) is 10.5 Å². The Hall–Kier alpha value is -2.18. The standard InChI is InChI=1S/C14H19N3O4/c1-14(2)5-3-4-10(7-14)16-12-11(17(20)21)6-9(8-15-12)13(18)19/h6,8,10H,3-5,7H2,1-2H3,(H,15,16)(H,18,19). The van der Waals surface area contributed by atoms with E-state index in [2.05, 4.69) is 24.1 Å². The van der Waals surface area contributed by atoms with Crippen molar-refractivity contribution >= 4 is 17.5 Å². The summed E-state index contributed by atoms with van der Waals surface area (Å²) >= 11 is 0. The Kier molecular flexibility index (Phi) is 4.11. The molecule has 1 heterocycles. The van der Waals surface area contributed by atoms with Crippen LogP contribution in [-0.2, 0) is 0 Å². The van der Waals surface area contributed by atoms with Gasteiger partial charge in [-0.1, -0.05) is 20.3 Å². The molecule has 2 rings (SSSR count). The van der Waals surface area contributed by atoms with Crippen molar-refractivity contribution in [3.05, 3.63) is 27.9 Å². The van der Waals surface area contributed by atoms with Gasteiger partial charge in [0.15, 0.2) is 0 Å². The van der Waals surface area contributed by atoms with E-state index in [0.29, 0.717) is 0 Å². The van der Waals surface area contributed by atoms with Crippen molar-refractivity contribution in [3.63, 3.8) is 0 Å². The molecule has 1 aromatic heterocycles. The number of hydrogen-bond donors (Lipinski definition) is 2. The summed E-state index contributed by atoms with van der Waals surface area (Å²) in [6, 6.07) is 1.17. The summed E-state index contributed by atoms with van der Waals surface area (Å²) in [7, 11) is 0. The number of aromatic nitrogens is 1. The van der Waals surface area contributed by atoms with Gasteiger partial charge in [0.2, 0.25) is 5.82 Å². The third-order valence-electron chi connectivity index (χ3n) is 3.86. The maximum Gasteiger partial charge on any atom is 0.337 e. The molecule has 1 atom stereocenters. The van der Waals surface area contributed by atoms with Gasteiger partial charge in [-0.15, -0.1) is 0 Å². The van der Waals surface area contributed by atoms with E-state index in [-0.39, 0.29) is 28.5 Å². The number of carboxylic acid groups (broad SMARTS) is 1. The molecule has 1 aromatic rings. The molecule has 1 aliphatic rings. The average molecular weight is 293 g/mol. The Labute approximate surface area is 122 Å². The number of anilines is 1. The molecule has 1 unspecified atom stereocenters. The summed E-state index contributed by atoms with van der Waals surface area (Å²) in [6.07, 6.45) is 5.19. The summed E-state index contributed by atoms with van der Waals surface area (Å²) in [4.78, 5) is 25.3. The van der Waals surface area contributed by atoms with E-state index in [1.165, 1.54) is 0 Å². The Morgan fingerprint density at radius 3 is 2.86 bits per heavy atom. The van der Waals surface area contributed by atoms with Crippen LogP contribution in [-0.4, -0.2) is 27.0 Å². The van der Waals surface area contributed by atoms with E-state index in [4.69, 9.17) is 5.11 Å². The Bertz CT molecular complexity index is 571. The van der Waals surface area contributed by atoms with Crippen LogP contribution in [0.2, 0.25) is 0 Å². The predicted molar refractivity (Wildman–Crippen MR) is 77.5 cm³/mol. The van der Waals surface area contributed by atoms with Crippen LogP contribution in [0.15, 0.2) is 12.3 Å². The predicted octanol–water partition coefficient (Wildman–Crippen LogP) is 3.07. The van der Waals surface area contributed by atoms with Gasteiger partial charge in [-0.2, -0.15) is 0 Å². The normalized spacial score (nSPS) is 20.8. The van der Waals surface area contributed by atoms with Crippen LogP contribution in [0.5, 0.6) is 0 Å². The highest BCUT2D eigenvalue weighted by atomic mass is 16.6. The number of carboxylic acids is 1. The van der Waals surface area contributed by atoms with E-state index < -0.39 is 10.9 Å². The van der Waals surface area contributed by atoms with Crippen LogP contribution in [0.3, 0.4) is 0 Å². The summed E-state index contributed by atoms with van der Waals surface area (Å²) in [5.41, 5.74) is -0.277. The number of carbonyl (C=O) groups is 1. The SMILES string of the molecule is CC1(C)CCCC(Nc2ncc(C(=O)O)cc2[N+](=O)[O-])C1. The lowest BCUT2D eigenvalue weighted by Gasteiger charge is -2.35. The first kappa shape index (κ1) is 15.2. The molecule has 114 valence electrons. The minimum atomic E-state index is -1.23. The molecule has 1 aliphatic carbocycles. The molecule has 0 radical (unpaired) electrons. The highest BCUT2D eigenvalue weighted by molar-refractivity contribution is 5.88. The van der Waals surface area contributed by atoms with Gasteiger partial charge in [0.25, 0.3) is 0 Å². The second-order valence-corrected chi connectivity index (χ2v) is 6.26.